The number of halogens is 1. The molecule has 2 aliphatic rings. The van der Waals surface area contributed by atoms with Crippen LogP contribution in [-0.2, 0) is 0 Å². The van der Waals surface area contributed by atoms with Crippen LogP contribution in [0.4, 0.5) is 0 Å². The van der Waals surface area contributed by atoms with E-state index in [1.165, 1.54) is 45.3 Å². The number of hydrogen-bond acceptors (Lipinski definition) is 1. The summed E-state index contributed by atoms with van der Waals surface area (Å²) in [7, 11) is 0. The van der Waals surface area contributed by atoms with Crippen molar-refractivity contribution in [2.24, 2.45) is 5.92 Å². The summed E-state index contributed by atoms with van der Waals surface area (Å²) >= 11 is 6.01. The monoisotopic (exact) mass is 173 g/mol. The van der Waals surface area contributed by atoms with Gasteiger partial charge in [-0.2, -0.15) is 0 Å². The first-order valence-corrected chi connectivity index (χ1v) is 5.14. The van der Waals surface area contributed by atoms with E-state index in [9.17, 15) is 0 Å². The molecule has 0 radical (unpaired) electrons. The van der Waals surface area contributed by atoms with Crippen LogP contribution < -0.4 is 0 Å². The Morgan fingerprint density at radius 1 is 1.09 bits per heavy atom. The molecule has 1 saturated carbocycles. The van der Waals surface area contributed by atoms with Crippen LogP contribution in [0.1, 0.15) is 25.7 Å². The van der Waals surface area contributed by atoms with Gasteiger partial charge in [0.25, 0.3) is 0 Å². The highest BCUT2D eigenvalue weighted by molar-refractivity contribution is 6.20. The van der Waals surface area contributed by atoms with E-state index in [1.54, 1.807) is 0 Å². The maximum Gasteiger partial charge on any atom is 0.0360 e. The van der Waals surface area contributed by atoms with Crippen molar-refractivity contribution in [1.29, 1.82) is 0 Å². The SMILES string of the molecule is ClC1CCN(CC2CC2)CC1. The highest BCUT2D eigenvalue weighted by Crippen LogP contribution is 2.30. The van der Waals surface area contributed by atoms with Crippen molar-refractivity contribution >= 4 is 11.6 Å². The molecule has 0 bridgehead atoms. The first-order chi connectivity index (χ1) is 5.34. The lowest BCUT2D eigenvalue weighted by molar-refractivity contribution is 0.223. The van der Waals surface area contributed by atoms with Crippen LogP contribution in [-0.4, -0.2) is 29.9 Å². The summed E-state index contributed by atoms with van der Waals surface area (Å²) in [6, 6.07) is 0. The molecule has 1 aliphatic heterocycles. The molecule has 0 spiro atoms. The van der Waals surface area contributed by atoms with E-state index in [4.69, 9.17) is 11.6 Å². The molecule has 0 amide bonds. The quantitative estimate of drug-likeness (QED) is 0.579. The topological polar surface area (TPSA) is 3.24 Å². The number of alkyl halides is 1. The molecule has 1 aliphatic carbocycles. The standard InChI is InChI=1S/C9H16ClN/c10-9-3-5-11(6-4-9)7-8-1-2-8/h8-9H,1-7H2. The average molecular weight is 174 g/mol. The minimum absolute atomic E-state index is 0.463. The first-order valence-electron chi connectivity index (χ1n) is 4.71. The molecular formula is C9H16ClN. The zero-order chi connectivity index (χ0) is 7.68. The lowest BCUT2D eigenvalue weighted by Crippen LogP contribution is -2.35. The summed E-state index contributed by atoms with van der Waals surface area (Å²) in [5.41, 5.74) is 0. The molecule has 1 nitrogen and oxygen atoms in total. The van der Waals surface area contributed by atoms with Crippen LogP contribution in [0.5, 0.6) is 0 Å². The number of likely N-dealkylation sites (tertiary alicyclic amines) is 1. The van der Waals surface area contributed by atoms with Crippen LogP contribution in [0.15, 0.2) is 0 Å². The molecule has 11 heavy (non-hydrogen) atoms. The van der Waals surface area contributed by atoms with Crippen LogP contribution in [0.25, 0.3) is 0 Å². The van der Waals surface area contributed by atoms with E-state index in [1.807, 2.05) is 0 Å². The molecule has 1 heterocycles. The molecular weight excluding hydrogens is 158 g/mol. The van der Waals surface area contributed by atoms with Crippen LogP contribution in [0, 0.1) is 5.92 Å². The zero-order valence-electron chi connectivity index (χ0n) is 6.93. The van der Waals surface area contributed by atoms with E-state index in [0.29, 0.717) is 5.38 Å². The minimum Gasteiger partial charge on any atom is -0.303 e. The fourth-order valence-corrected chi connectivity index (χ4v) is 1.94. The Morgan fingerprint density at radius 3 is 2.27 bits per heavy atom. The maximum absolute atomic E-state index is 6.01. The van der Waals surface area contributed by atoms with Gasteiger partial charge in [-0.15, -0.1) is 11.6 Å². The summed E-state index contributed by atoms with van der Waals surface area (Å²) in [6.07, 6.45) is 5.35. The number of hydrogen-bond donors (Lipinski definition) is 0. The Balaban J connectivity index is 1.69. The van der Waals surface area contributed by atoms with Gasteiger partial charge in [0.1, 0.15) is 0 Å². The van der Waals surface area contributed by atoms with Gasteiger partial charge in [-0.3, -0.25) is 0 Å². The van der Waals surface area contributed by atoms with Gasteiger partial charge in [0.15, 0.2) is 0 Å². The third kappa shape index (κ3) is 2.34. The average Bonchev–Trinajstić information content (AvgIpc) is 2.78. The molecule has 0 aromatic rings. The predicted octanol–water partition coefficient (Wildman–Crippen LogP) is 2.10. The summed E-state index contributed by atoms with van der Waals surface area (Å²) in [5.74, 6) is 1.04. The number of piperidine rings is 1. The van der Waals surface area contributed by atoms with Crippen molar-refractivity contribution in [1.82, 2.24) is 4.90 Å². The summed E-state index contributed by atoms with van der Waals surface area (Å²) in [4.78, 5) is 2.58. The Hall–Kier alpha value is 0.250. The van der Waals surface area contributed by atoms with E-state index < -0.39 is 0 Å². The molecule has 2 heteroatoms. The Morgan fingerprint density at radius 2 is 1.73 bits per heavy atom. The maximum atomic E-state index is 6.01. The Kier molecular flexibility index (Phi) is 2.38. The molecule has 64 valence electrons. The van der Waals surface area contributed by atoms with Crippen molar-refractivity contribution in [2.45, 2.75) is 31.1 Å². The predicted molar refractivity (Wildman–Crippen MR) is 48.0 cm³/mol. The largest absolute Gasteiger partial charge is 0.303 e. The van der Waals surface area contributed by atoms with Crippen molar-refractivity contribution in [3.05, 3.63) is 0 Å². The highest BCUT2D eigenvalue weighted by atomic mass is 35.5. The summed E-state index contributed by atoms with van der Waals surface area (Å²) < 4.78 is 0. The van der Waals surface area contributed by atoms with Crippen molar-refractivity contribution < 1.29 is 0 Å². The molecule has 1 saturated heterocycles. The second-order valence-electron chi connectivity index (χ2n) is 3.92. The second-order valence-corrected chi connectivity index (χ2v) is 4.54. The molecule has 2 rings (SSSR count). The van der Waals surface area contributed by atoms with Gasteiger partial charge in [0.05, 0.1) is 0 Å². The van der Waals surface area contributed by atoms with Gasteiger partial charge in [0.2, 0.25) is 0 Å². The second kappa shape index (κ2) is 3.32. The lowest BCUT2D eigenvalue weighted by Gasteiger charge is -2.28. The van der Waals surface area contributed by atoms with Gasteiger partial charge < -0.3 is 4.90 Å². The van der Waals surface area contributed by atoms with E-state index in [0.717, 1.165) is 5.92 Å². The van der Waals surface area contributed by atoms with Gasteiger partial charge in [-0.25, -0.2) is 0 Å². The smallest absolute Gasteiger partial charge is 0.0360 e. The van der Waals surface area contributed by atoms with Crippen molar-refractivity contribution in [3.63, 3.8) is 0 Å². The van der Waals surface area contributed by atoms with Crippen LogP contribution >= 0.6 is 11.6 Å². The Bertz CT molecular complexity index is 126. The fourth-order valence-electron chi connectivity index (χ4n) is 1.75. The van der Waals surface area contributed by atoms with Gasteiger partial charge >= 0.3 is 0 Å². The van der Waals surface area contributed by atoms with Crippen LogP contribution in [0.3, 0.4) is 0 Å². The third-order valence-corrected chi connectivity index (χ3v) is 3.17. The van der Waals surface area contributed by atoms with E-state index >= 15 is 0 Å². The molecule has 0 aromatic carbocycles. The van der Waals surface area contributed by atoms with Gasteiger partial charge in [0, 0.05) is 11.9 Å². The Labute approximate surface area is 73.7 Å². The lowest BCUT2D eigenvalue weighted by atomic mass is 10.1. The molecule has 2 fully saturated rings. The number of rotatable bonds is 2. The summed E-state index contributed by atoms with van der Waals surface area (Å²) in [6.45, 7) is 3.83. The minimum atomic E-state index is 0.463. The normalized spacial score (nSPS) is 29.2. The van der Waals surface area contributed by atoms with Gasteiger partial charge in [-0.1, -0.05) is 0 Å². The van der Waals surface area contributed by atoms with Crippen LogP contribution in [0.2, 0.25) is 0 Å². The zero-order valence-corrected chi connectivity index (χ0v) is 7.69. The molecule has 0 atom stereocenters. The van der Waals surface area contributed by atoms with E-state index in [-0.39, 0.29) is 0 Å². The molecule has 0 N–H and O–H groups in total. The highest BCUT2D eigenvalue weighted by Gasteiger charge is 2.26. The third-order valence-electron chi connectivity index (χ3n) is 2.73. The van der Waals surface area contributed by atoms with Gasteiger partial charge in [-0.05, 0) is 44.7 Å². The molecule has 0 aromatic heterocycles. The van der Waals surface area contributed by atoms with Crippen molar-refractivity contribution in [3.8, 4) is 0 Å². The fraction of sp³-hybridized carbons (Fsp3) is 1.00. The molecule has 0 unspecified atom stereocenters. The van der Waals surface area contributed by atoms with Crippen molar-refractivity contribution in [2.75, 3.05) is 19.6 Å². The first kappa shape index (κ1) is 7.88. The van der Waals surface area contributed by atoms with E-state index in [2.05, 4.69) is 4.90 Å². The summed E-state index contributed by atoms with van der Waals surface area (Å²) in [5, 5.41) is 0.463. The number of nitrogens with zero attached hydrogens (tertiary/aromatic N) is 1.